The molecule has 0 unspecified atom stereocenters. The first kappa shape index (κ1) is 15.5. The van der Waals surface area contributed by atoms with Gasteiger partial charge in [0.2, 0.25) is 5.91 Å². The van der Waals surface area contributed by atoms with Gasteiger partial charge in [0.15, 0.2) is 0 Å². The highest BCUT2D eigenvalue weighted by molar-refractivity contribution is 5.81. The van der Waals surface area contributed by atoms with Crippen molar-refractivity contribution in [3.05, 3.63) is 17.0 Å². The molecular formula is C16H25N3O3. The molecule has 2 saturated heterocycles. The van der Waals surface area contributed by atoms with Crippen molar-refractivity contribution in [3.63, 3.8) is 0 Å². The Kier molecular flexibility index (Phi) is 4.78. The molecule has 22 heavy (non-hydrogen) atoms. The highest BCUT2D eigenvalue weighted by atomic mass is 16.5. The van der Waals surface area contributed by atoms with E-state index in [1.54, 1.807) is 0 Å². The molecule has 0 bridgehead atoms. The quantitative estimate of drug-likeness (QED) is 0.914. The zero-order valence-corrected chi connectivity index (χ0v) is 13.4. The second-order valence-electron chi connectivity index (χ2n) is 6.36. The number of aromatic nitrogens is 1. The third kappa shape index (κ3) is 3.50. The van der Waals surface area contributed by atoms with Crippen LogP contribution in [0, 0.1) is 13.8 Å². The molecule has 1 atom stereocenters. The molecule has 1 aromatic rings. The van der Waals surface area contributed by atoms with E-state index in [1.165, 1.54) is 5.56 Å². The lowest BCUT2D eigenvalue weighted by molar-refractivity contribution is -0.131. The fraction of sp³-hybridized carbons (Fsp3) is 0.750. The monoisotopic (exact) mass is 307 g/mol. The largest absolute Gasteiger partial charge is 0.368 e. The summed E-state index contributed by atoms with van der Waals surface area (Å²) in [7, 11) is 0. The Bertz CT molecular complexity index is 495. The summed E-state index contributed by atoms with van der Waals surface area (Å²) in [6, 6.07) is 0.276. The highest BCUT2D eigenvalue weighted by Crippen LogP contribution is 2.19. The van der Waals surface area contributed by atoms with Gasteiger partial charge in [-0.05, 0) is 39.5 Å². The van der Waals surface area contributed by atoms with E-state index in [2.05, 4.69) is 15.4 Å². The minimum Gasteiger partial charge on any atom is -0.368 e. The van der Waals surface area contributed by atoms with Gasteiger partial charge in [0.25, 0.3) is 0 Å². The molecule has 1 N–H and O–H groups in total. The van der Waals surface area contributed by atoms with E-state index in [0.717, 1.165) is 56.8 Å². The average molecular weight is 307 g/mol. The highest BCUT2D eigenvalue weighted by Gasteiger charge is 2.27. The zero-order valence-electron chi connectivity index (χ0n) is 13.4. The number of hydrogen-bond donors (Lipinski definition) is 1. The molecule has 122 valence electrons. The maximum Gasteiger partial charge on any atom is 0.249 e. The van der Waals surface area contributed by atoms with E-state index in [1.807, 2.05) is 13.8 Å². The van der Waals surface area contributed by atoms with E-state index < -0.39 is 0 Å². The fourth-order valence-corrected chi connectivity index (χ4v) is 3.27. The smallest absolute Gasteiger partial charge is 0.249 e. The molecule has 3 rings (SSSR count). The van der Waals surface area contributed by atoms with Gasteiger partial charge in [-0.25, -0.2) is 0 Å². The van der Waals surface area contributed by atoms with Gasteiger partial charge in [0.1, 0.15) is 11.9 Å². The normalized spacial score (nSPS) is 23.8. The van der Waals surface area contributed by atoms with Gasteiger partial charge in [-0.1, -0.05) is 5.16 Å². The first-order valence-corrected chi connectivity index (χ1v) is 8.19. The standard InChI is InChI=1S/C16H25N3O3/c1-11-14(12(2)22-18-11)10-19-7-5-13(6-8-19)17-16(20)15-4-3-9-21-15/h13,15H,3-10H2,1-2H3,(H,17,20)/t15-/m0/s1. The number of piperidine rings is 1. The number of nitrogens with zero attached hydrogens (tertiary/aromatic N) is 2. The Morgan fingerprint density at radius 3 is 2.68 bits per heavy atom. The Hall–Kier alpha value is -1.40. The Morgan fingerprint density at radius 2 is 2.09 bits per heavy atom. The fourth-order valence-electron chi connectivity index (χ4n) is 3.27. The van der Waals surface area contributed by atoms with Gasteiger partial charge < -0.3 is 14.6 Å². The Labute approximate surface area is 131 Å². The summed E-state index contributed by atoms with van der Waals surface area (Å²) in [5, 5.41) is 7.15. The summed E-state index contributed by atoms with van der Waals surface area (Å²) in [6.45, 7) is 7.52. The van der Waals surface area contributed by atoms with Crippen LogP contribution in [0.1, 0.15) is 42.7 Å². The van der Waals surface area contributed by atoms with Crippen LogP contribution in [0.2, 0.25) is 0 Å². The molecule has 0 aromatic carbocycles. The van der Waals surface area contributed by atoms with Crippen molar-refractivity contribution in [1.29, 1.82) is 0 Å². The van der Waals surface area contributed by atoms with Crippen LogP contribution < -0.4 is 5.32 Å². The number of hydrogen-bond acceptors (Lipinski definition) is 5. The van der Waals surface area contributed by atoms with Gasteiger partial charge in [0.05, 0.1) is 5.69 Å². The van der Waals surface area contributed by atoms with Crippen molar-refractivity contribution < 1.29 is 14.1 Å². The van der Waals surface area contributed by atoms with Crippen LogP contribution in [0.5, 0.6) is 0 Å². The molecule has 6 heteroatoms. The van der Waals surface area contributed by atoms with Crippen molar-refractivity contribution in [2.75, 3.05) is 19.7 Å². The number of rotatable bonds is 4. The lowest BCUT2D eigenvalue weighted by atomic mass is 10.0. The SMILES string of the molecule is Cc1noc(C)c1CN1CCC(NC(=O)[C@@H]2CCCO2)CC1. The molecule has 3 heterocycles. The lowest BCUT2D eigenvalue weighted by Gasteiger charge is -2.32. The molecule has 2 fully saturated rings. The van der Waals surface area contributed by atoms with Crippen LogP contribution in [0.3, 0.4) is 0 Å². The molecule has 0 radical (unpaired) electrons. The lowest BCUT2D eigenvalue weighted by Crippen LogP contribution is -2.47. The maximum absolute atomic E-state index is 12.1. The van der Waals surface area contributed by atoms with Crippen LogP contribution >= 0.6 is 0 Å². The summed E-state index contributed by atoms with van der Waals surface area (Å²) in [5.41, 5.74) is 2.17. The van der Waals surface area contributed by atoms with E-state index in [-0.39, 0.29) is 18.1 Å². The van der Waals surface area contributed by atoms with Crippen LogP contribution in [0.25, 0.3) is 0 Å². The van der Waals surface area contributed by atoms with Crippen LogP contribution in [-0.2, 0) is 16.1 Å². The zero-order chi connectivity index (χ0) is 15.5. The molecule has 2 aliphatic rings. The Morgan fingerprint density at radius 1 is 1.32 bits per heavy atom. The van der Waals surface area contributed by atoms with Gasteiger partial charge in [-0.15, -0.1) is 0 Å². The second kappa shape index (κ2) is 6.79. The minimum absolute atomic E-state index is 0.0710. The van der Waals surface area contributed by atoms with Crippen molar-refractivity contribution in [3.8, 4) is 0 Å². The van der Waals surface area contributed by atoms with Gasteiger partial charge in [-0.2, -0.15) is 0 Å². The van der Waals surface area contributed by atoms with Gasteiger partial charge >= 0.3 is 0 Å². The van der Waals surface area contributed by atoms with E-state index in [4.69, 9.17) is 9.26 Å². The predicted molar refractivity (Wildman–Crippen MR) is 81.4 cm³/mol. The van der Waals surface area contributed by atoms with Crippen LogP contribution in [0.4, 0.5) is 0 Å². The molecule has 6 nitrogen and oxygen atoms in total. The average Bonchev–Trinajstić information content (AvgIpc) is 3.15. The molecule has 1 amide bonds. The number of nitrogens with one attached hydrogen (secondary N) is 1. The summed E-state index contributed by atoms with van der Waals surface area (Å²) >= 11 is 0. The molecule has 1 aromatic heterocycles. The molecule has 2 aliphatic heterocycles. The van der Waals surface area contributed by atoms with Gasteiger partial charge in [0, 0.05) is 37.8 Å². The number of carbonyl (C=O) groups excluding carboxylic acids is 1. The van der Waals surface area contributed by atoms with Crippen LogP contribution in [-0.4, -0.2) is 47.8 Å². The Balaban J connectivity index is 1.45. The summed E-state index contributed by atoms with van der Waals surface area (Å²) < 4.78 is 10.7. The molecule has 0 spiro atoms. The number of aryl methyl sites for hydroxylation is 2. The topological polar surface area (TPSA) is 67.6 Å². The number of ether oxygens (including phenoxy) is 1. The van der Waals surface area contributed by atoms with E-state index in [9.17, 15) is 4.79 Å². The predicted octanol–water partition coefficient (Wildman–Crippen LogP) is 1.55. The van der Waals surface area contributed by atoms with Crippen molar-refractivity contribution in [1.82, 2.24) is 15.4 Å². The molecular weight excluding hydrogens is 282 g/mol. The number of amides is 1. The second-order valence-corrected chi connectivity index (χ2v) is 6.36. The minimum atomic E-state index is -0.222. The first-order chi connectivity index (χ1) is 10.6. The third-order valence-electron chi connectivity index (χ3n) is 4.72. The summed E-state index contributed by atoms with van der Waals surface area (Å²) in [5.74, 6) is 0.980. The van der Waals surface area contributed by atoms with E-state index >= 15 is 0 Å². The van der Waals surface area contributed by atoms with Crippen molar-refractivity contribution >= 4 is 5.91 Å². The van der Waals surface area contributed by atoms with E-state index in [0.29, 0.717) is 6.61 Å². The number of likely N-dealkylation sites (tertiary alicyclic amines) is 1. The molecule has 0 aliphatic carbocycles. The summed E-state index contributed by atoms with van der Waals surface area (Å²) in [4.78, 5) is 14.5. The van der Waals surface area contributed by atoms with Gasteiger partial charge in [-0.3, -0.25) is 9.69 Å². The van der Waals surface area contributed by atoms with Crippen molar-refractivity contribution in [2.24, 2.45) is 0 Å². The third-order valence-corrected chi connectivity index (χ3v) is 4.72. The van der Waals surface area contributed by atoms with Crippen molar-refractivity contribution in [2.45, 2.75) is 58.2 Å². The van der Waals surface area contributed by atoms with Crippen LogP contribution in [0.15, 0.2) is 4.52 Å². The summed E-state index contributed by atoms with van der Waals surface area (Å²) in [6.07, 6.45) is 3.61. The first-order valence-electron chi connectivity index (χ1n) is 8.19. The molecule has 0 saturated carbocycles. The maximum atomic E-state index is 12.1. The number of carbonyl (C=O) groups is 1.